The van der Waals surface area contributed by atoms with Crippen molar-refractivity contribution >= 4 is 23.2 Å². The van der Waals surface area contributed by atoms with Crippen molar-refractivity contribution in [1.82, 2.24) is 9.47 Å². The fourth-order valence-corrected chi connectivity index (χ4v) is 4.12. The Morgan fingerprint density at radius 2 is 1.92 bits per heavy atom. The van der Waals surface area contributed by atoms with Crippen LogP contribution >= 0.6 is 0 Å². The number of aryl methyl sites for hydroxylation is 1. The van der Waals surface area contributed by atoms with E-state index in [4.69, 9.17) is 4.99 Å². The maximum atomic E-state index is 14.9. The molecule has 1 aromatic carbocycles. The molecule has 2 aromatic rings. The van der Waals surface area contributed by atoms with Gasteiger partial charge in [-0.3, -0.25) is 4.99 Å². The minimum Gasteiger partial charge on any atom is -0.367 e. The normalized spacial score (nSPS) is 19.3. The highest BCUT2D eigenvalue weighted by molar-refractivity contribution is 6.12. The van der Waals surface area contributed by atoms with Gasteiger partial charge in [-0.25, -0.2) is 4.39 Å². The van der Waals surface area contributed by atoms with Crippen LogP contribution in [0.4, 0.5) is 15.8 Å². The lowest BCUT2D eigenvalue weighted by molar-refractivity contribution is 0.313. The summed E-state index contributed by atoms with van der Waals surface area (Å²) in [4.78, 5) is 9.40. The fourth-order valence-electron chi connectivity index (χ4n) is 4.12. The van der Waals surface area contributed by atoms with Gasteiger partial charge in [0.25, 0.3) is 0 Å². The number of halogens is 1. The molecule has 3 aliphatic rings. The first kappa shape index (κ1) is 14.9. The van der Waals surface area contributed by atoms with Crippen LogP contribution in [0.5, 0.6) is 0 Å². The summed E-state index contributed by atoms with van der Waals surface area (Å²) in [6.45, 7) is 3.91. The average Bonchev–Trinajstić information content (AvgIpc) is 2.97. The Morgan fingerprint density at radius 1 is 1.08 bits per heavy atom. The first-order valence-electron chi connectivity index (χ1n) is 8.93. The SMILES string of the molecule is CN1CCN(c2ccc(F)c3c2N=CC2=CCCc4ccn-3c42)CC1. The number of anilines is 1. The van der Waals surface area contributed by atoms with E-state index in [-0.39, 0.29) is 5.82 Å². The first-order chi connectivity index (χ1) is 12.2. The Balaban J connectivity index is 1.71. The van der Waals surface area contributed by atoms with Gasteiger partial charge in [-0.15, -0.1) is 0 Å². The van der Waals surface area contributed by atoms with Gasteiger partial charge in [-0.1, -0.05) is 6.08 Å². The number of allylic oxidation sites excluding steroid dienone is 2. The molecular weight excluding hydrogens is 315 g/mol. The topological polar surface area (TPSA) is 23.8 Å². The van der Waals surface area contributed by atoms with E-state index in [1.54, 1.807) is 6.07 Å². The van der Waals surface area contributed by atoms with Gasteiger partial charge in [0, 0.05) is 44.2 Å². The van der Waals surface area contributed by atoms with Crippen molar-refractivity contribution in [3.05, 3.63) is 47.5 Å². The molecule has 0 unspecified atom stereocenters. The van der Waals surface area contributed by atoms with Crippen LogP contribution in [0.15, 0.2) is 35.5 Å². The van der Waals surface area contributed by atoms with Crippen LogP contribution in [0.25, 0.3) is 11.3 Å². The monoisotopic (exact) mass is 336 g/mol. The largest absolute Gasteiger partial charge is 0.367 e. The molecule has 0 spiro atoms. The summed E-state index contributed by atoms with van der Waals surface area (Å²) >= 11 is 0. The number of aromatic nitrogens is 1. The molecule has 4 nitrogen and oxygen atoms in total. The number of benzene rings is 1. The number of likely N-dealkylation sites (N-methyl/N-ethyl adjacent to an activating group) is 1. The minimum atomic E-state index is -0.213. The van der Waals surface area contributed by atoms with Crippen molar-refractivity contribution < 1.29 is 4.39 Å². The second kappa shape index (κ2) is 5.56. The molecule has 0 saturated carbocycles. The first-order valence-corrected chi connectivity index (χ1v) is 8.93. The van der Waals surface area contributed by atoms with Gasteiger partial charge in [-0.2, -0.15) is 0 Å². The van der Waals surface area contributed by atoms with Gasteiger partial charge in [0.15, 0.2) is 0 Å². The number of rotatable bonds is 1. The van der Waals surface area contributed by atoms with Gasteiger partial charge in [0.1, 0.15) is 17.2 Å². The van der Waals surface area contributed by atoms with E-state index in [9.17, 15) is 4.39 Å². The maximum Gasteiger partial charge on any atom is 0.149 e. The Hall–Kier alpha value is -2.40. The average molecular weight is 336 g/mol. The Labute approximate surface area is 146 Å². The molecule has 1 fully saturated rings. The van der Waals surface area contributed by atoms with Gasteiger partial charge in [-0.05, 0) is 43.7 Å². The Bertz CT molecular complexity index is 901. The van der Waals surface area contributed by atoms with Crippen LogP contribution in [-0.4, -0.2) is 48.9 Å². The molecule has 25 heavy (non-hydrogen) atoms. The van der Waals surface area contributed by atoms with Crippen molar-refractivity contribution in [2.45, 2.75) is 12.8 Å². The van der Waals surface area contributed by atoms with Gasteiger partial charge >= 0.3 is 0 Å². The van der Waals surface area contributed by atoms with Crippen molar-refractivity contribution in [3.8, 4) is 5.69 Å². The maximum absolute atomic E-state index is 14.9. The van der Waals surface area contributed by atoms with Crippen molar-refractivity contribution in [2.75, 3.05) is 38.1 Å². The predicted octanol–water partition coefficient (Wildman–Crippen LogP) is 3.41. The molecule has 0 radical (unpaired) electrons. The lowest BCUT2D eigenvalue weighted by Gasteiger charge is -2.35. The summed E-state index contributed by atoms with van der Waals surface area (Å²) in [6, 6.07) is 5.59. The molecule has 1 saturated heterocycles. The van der Waals surface area contributed by atoms with Crippen LogP contribution in [-0.2, 0) is 6.42 Å². The van der Waals surface area contributed by atoms with E-state index in [2.05, 4.69) is 29.0 Å². The quantitative estimate of drug-likeness (QED) is 0.797. The van der Waals surface area contributed by atoms with E-state index in [0.717, 1.165) is 61.7 Å². The standard InChI is InChI=1S/C20H21FN4/c1-23-9-11-24(12-10-23)17-6-5-16(21)20-18(17)22-13-15-4-2-3-14-7-8-25(20)19(14)15/h4-8,13H,2-3,9-12H2,1H3. The number of hydrogen-bond donors (Lipinski definition) is 0. The van der Waals surface area contributed by atoms with Crippen LogP contribution in [0.1, 0.15) is 17.7 Å². The molecule has 0 N–H and O–H groups in total. The Morgan fingerprint density at radius 3 is 2.76 bits per heavy atom. The van der Waals surface area contributed by atoms with Crippen LogP contribution in [0.3, 0.4) is 0 Å². The molecule has 0 atom stereocenters. The van der Waals surface area contributed by atoms with Gasteiger partial charge in [0.05, 0.1) is 11.4 Å². The zero-order chi connectivity index (χ0) is 17.0. The second-order valence-corrected chi connectivity index (χ2v) is 7.07. The van der Waals surface area contributed by atoms with Crippen molar-refractivity contribution in [3.63, 3.8) is 0 Å². The fraction of sp³-hybridized carbons (Fsp3) is 0.350. The number of nitrogens with zero attached hydrogens (tertiary/aromatic N) is 4. The second-order valence-electron chi connectivity index (χ2n) is 7.07. The molecule has 3 heterocycles. The third-order valence-electron chi connectivity index (χ3n) is 5.52. The van der Waals surface area contributed by atoms with E-state index in [1.165, 1.54) is 5.56 Å². The van der Waals surface area contributed by atoms with Crippen molar-refractivity contribution in [2.24, 2.45) is 4.99 Å². The van der Waals surface area contributed by atoms with Crippen LogP contribution < -0.4 is 4.90 Å². The van der Waals surface area contributed by atoms with Gasteiger partial charge in [0.2, 0.25) is 0 Å². The van der Waals surface area contributed by atoms with E-state index >= 15 is 0 Å². The van der Waals surface area contributed by atoms with E-state index < -0.39 is 0 Å². The highest BCUT2D eigenvalue weighted by Crippen LogP contribution is 2.42. The lowest BCUT2D eigenvalue weighted by atomic mass is 9.98. The summed E-state index contributed by atoms with van der Waals surface area (Å²) in [5.74, 6) is -0.213. The summed E-state index contributed by atoms with van der Waals surface area (Å²) in [5.41, 5.74) is 5.84. The number of hydrogen-bond acceptors (Lipinski definition) is 3. The summed E-state index contributed by atoms with van der Waals surface area (Å²) in [5, 5.41) is 0. The number of piperazine rings is 1. The molecule has 128 valence electrons. The molecule has 5 heteroatoms. The third kappa shape index (κ3) is 2.26. The van der Waals surface area contributed by atoms with Crippen LogP contribution in [0, 0.1) is 5.82 Å². The third-order valence-corrected chi connectivity index (χ3v) is 5.52. The summed E-state index contributed by atoms with van der Waals surface area (Å²) in [7, 11) is 2.14. The zero-order valence-corrected chi connectivity index (χ0v) is 14.4. The molecule has 0 amide bonds. The zero-order valence-electron chi connectivity index (χ0n) is 14.4. The Kier molecular flexibility index (Phi) is 3.31. The smallest absolute Gasteiger partial charge is 0.149 e. The molecule has 1 aliphatic carbocycles. The van der Waals surface area contributed by atoms with Crippen LogP contribution in [0.2, 0.25) is 0 Å². The lowest BCUT2D eigenvalue weighted by Crippen LogP contribution is -2.44. The number of fused-ring (bicyclic) bond motifs is 2. The molecule has 5 rings (SSSR count). The minimum absolute atomic E-state index is 0.213. The van der Waals surface area contributed by atoms with E-state index in [0.29, 0.717) is 5.69 Å². The number of aliphatic imine (C=N–C) groups is 1. The van der Waals surface area contributed by atoms with E-state index in [1.807, 2.05) is 23.0 Å². The highest BCUT2D eigenvalue weighted by Gasteiger charge is 2.27. The molecular formula is C20H21FN4. The highest BCUT2D eigenvalue weighted by atomic mass is 19.1. The molecule has 2 aliphatic heterocycles. The predicted molar refractivity (Wildman–Crippen MR) is 99.9 cm³/mol. The summed E-state index contributed by atoms with van der Waals surface area (Å²) in [6.07, 6.45) is 8.15. The molecule has 1 aromatic heterocycles. The summed E-state index contributed by atoms with van der Waals surface area (Å²) < 4.78 is 16.9. The molecule has 0 bridgehead atoms. The van der Waals surface area contributed by atoms with Crippen molar-refractivity contribution in [1.29, 1.82) is 0 Å². The van der Waals surface area contributed by atoms with Gasteiger partial charge < -0.3 is 14.4 Å².